The topological polar surface area (TPSA) is 65.0 Å². The molecule has 0 saturated heterocycles. The summed E-state index contributed by atoms with van der Waals surface area (Å²) in [5.41, 5.74) is -4.31. The molecule has 0 unspecified atom stereocenters. The van der Waals surface area contributed by atoms with E-state index >= 15 is 0 Å². The third-order valence-corrected chi connectivity index (χ3v) is 4.67. The van der Waals surface area contributed by atoms with Crippen LogP contribution in [0.5, 0.6) is 0 Å². The van der Waals surface area contributed by atoms with Crippen molar-refractivity contribution in [3.8, 4) is 0 Å². The zero-order valence-electron chi connectivity index (χ0n) is 20.6. The van der Waals surface area contributed by atoms with Crippen LogP contribution in [-0.4, -0.2) is 25.7 Å². The molecule has 0 aromatic carbocycles. The number of hydrogen-bond acceptors (Lipinski definition) is 3. The van der Waals surface area contributed by atoms with Gasteiger partial charge >= 0.3 is 12.8 Å². The number of aryl methyl sites for hydroxylation is 3. The number of halogens is 7. The highest BCUT2D eigenvalue weighted by Gasteiger charge is 2.36. The van der Waals surface area contributed by atoms with Crippen molar-refractivity contribution in [2.75, 3.05) is 0 Å². The summed E-state index contributed by atoms with van der Waals surface area (Å²) in [5, 5.41) is 0. The van der Waals surface area contributed by atoms with Crippen LogP contribution in [0.15, 0.2) is 55.1 Å². The summed E-state index contributed by atoms with van der Waals surface area (Å²) in [6.45, 7) is 8.91. The molecule has 0 bridgehead atoms. The average molecular weight is 550 g/mol. The maximum Gasteiger partial charge on any atom is 0.673 e. The number of aromatic nitrogens is 2. The highest BCUT2D eigenvalue weighted by Crippen LogP contribution is 2.20. The lowest BCUT2D eigenvalue weighted by atomic mass is 10.2. The highest BCUT2D eigenvalue weighted by atomic mass is 32.2. The van der Waals surface area contributed by atoms with Gasteiger partial charge in [-0.15, -0.1) is 0 Å². The van der Waals surface area contributed by atoms with Gasteiger partial charge in [0.2, 0.25) is 0 Å². The molecule has 208 valence electrons. The summed E-state index contributed by atoms with van der Waals surface area (Å²) in [4.78, 5) is 0. The minimum atomic E-state index is -6.09. The predicted octanol–water partition coefficient (Wildman–Crippen LogP) is 5.99. The van der Waals surface area contributed by atoms with Gasteiger partial charge in [-0.05, 0) is 19.4 Å². The smallest absolute Gasteiger partial charge is 0.673 e. The van der Waals surface area contributed by atoms with Crippen molar-refractivity contribution in [1.29, 1.82) is 0 Å². The third kappa shape index (κ3) is 24.9. The Morgan fingerprint density at radius 3 is 1.67 bits per heavy atom. The molecule has 0 amide bonds. The number of pyridine rings is 2. The molecule has 0 spiro atoms. The molecule has 2 aromatic rings. The van der Waals surface area contributed by atoms with E-state index in [0.29, 0.717) is 0 Å². The van der Waals surface area contributed by atoms with E-state index in [2.05, 4.69) is 85.0 Å². The van der Waals surface area contributed by atoms with Crippen molar-refractivity contribution in [2.24, 2.45) is 0 Å². The Morgan fingerprint density at radius 2 is 1.25 bits per heavy atom. The molecule has 0 fully saturated rings. The van der Waals surface area contributed by atoms with E-state index in [4.69, 9.17) is 13.0 Å². The molecule has 0 saturated carbocycles. The minimum Gasteiger partial charge on any atom is -0.741 e. The van der Waals surface area contributed by atoms with Crippen molar-refractivity contribution in [2.45, 2.75) is 77.9 Å². The van der Waals surface area contributed by atoms with Gasteiger partial charge in [-0.2, -0.15) is 13.2 Å². The summed E-state index contributed by atoms with van der Waals surface area (Å²) < 4.78 is 102. The van der Waals surface area contributed by atoms with Gasteiger partial charge in [0.25, 0.3) is 0 Å². The summed E-state index contributed by atoms with van der Waals surface area (Å²) >= 11 is 0. The second-order valence-corrected chi connectivity index (χ2v) is 8.91. The zero-order chi connectivity index (χ0) is 28.3. The lowest BCUT2D eigenvalue weighted by Crippen LogP contribution is -2.32. The van der Waals surface area contributed by atoms with E-state index in [9.17, 15) is 30.4 Å². The van der Waals surface area contributed by atoms with E-state index < -0.39 is 22.9 Å². The van der Waals surface area contributed by atoms with Crippen LogP contribution in [0, 0.1) is 6.92 Å². The van der Waals surface area contributed by atoms with E-state index in [1.165, 1.54) is 50.6 Å². The van der Waals surface area contributed by atoms with Gasteiger partial charge in [-0.25, -0.2) is 17.6 Å². The largest absolute Gasteiger partial charge is 0.741 e. The third-order valence-electron chi connectivity index (χ3n) is 4.11. The fourth-order valence-electron chi connectivity index (χ4n) is 2.44. The van der Waals surface area contributed by atoms with Crippen LogP contribution in [0.25, 0.3) is 0 Å². The average Bonchev–Trinajstić information content (AvgIpc) is 2.74. The number of alkyl halides is 3. The Morgan fingerprint density at radius 1 is 0.806 bits per heavy atom. The van der Waals surface area contributed by atoms with Crippen molar-refractivity contribution in [1.82, 2.24) is 0 Å². The molecule has 2 rings (SSSR count). The number of nitrogens with zero attached hydrogens (tertiary/aromatic N) is 2. The molecule has 2 heterocycles. The van der Waals surface area contributed by atoms with Crippen LogP contribution in [0.3, 0.4) is 0 Å². The van der Waals surface area contributed by atoms with Crippen molar-refractivity contribution >= 4 is 17.4 Å². The summed E-state index contributed by atoms with van der Waals surface area (Å²) in [5.74, 6) is 0. The van der Waals surface area contributed by atoms with Crippen LogP contribution >= 0.6 is 0 Å². The van der Waals surface area contributed by atoms with Gasteiger partial charge in [0.1, 0.15) is 13.1 Å². The predicted molar refractivity (Wildman–Crippen MR) is 123 cm³/mol. The molecule has 14 heteroatoms. The van der Waals surface area contributed by atoms with Gasteiger partial charge in [-0.1, -0.05) is 39.2 Å². The van der Waals surface area contributed by atoms with E-state index in [0.717, 1.165) is 6.54 Å². The van der Waals surface area contributed by atoms with Gasteiger partial charge in [0.05, 0.1) is 0 Å². The molecule has 0 atom stereocenters. The van der Waals surface area contributed by atoms with Gasteiger partial charge in [0.15, 0.2) is 34.9 Å². The molecule has 0 aliphatic heterocycles. The Labute approximate surface area is 208 Å². The zero-order valence-corrected chi connectivity index (χ0v) is 21.4. The first-order valence-electron chi connectivity index (χ1n) is 11.3. The fourth-order valence-corrected chi connectivity index (χ4v) is 2.44. The normalized spacial score (nSPS) is 11.2. The molecule has 0 aliphatic carbocycles. The molecule has 0 radical (unpaired) electrons. The van der Waals surface area contributed by atoms with E-state index in [1.807, 2.05) is 0 Å². The van der Waals surface area contributed by atoms with Gasteiger partial charge in [0, 0.05) is 36.6 Å². The van der Waals surface area contributed by atoms with Crippen molar-refractivity contribution in [3.63, 3.8) is 0 Å². The summed E-state index contributed by atoms with van der Waals surface area (Å²) in [6.07, 6.45) is 16.5. The second-order valence-electron chi connectivity index (χ2n) is 7.54. The lowest BCUT2D eigenvalue weighted by Gasteiger charge is -2.08. The molecular formula is C22H34BF7N2O3S. The molecule has 0 aliphatic rings. The number of hydrogen-bond donors (Lipinski definition) is 0. The van der Waals surface area contributed by atoms with E-state index in [-0.39, 0.29) is 0 Å². The molecule has 5 nitrogen and oxygen atoms in total. The van der Waals surface area contributed by atoms with Crippen LogP contribution in [0.1, 0.15) is 57.9 Å². The fraction of sp³-hybridized carbons (Fsp3) is 0.545. The Bertz CT molecular complexity index is 908. The summed E-state index contributed by atoms with van der Waals surface area (Å²) in [6, 6.07) is 10.5. The maximum atomic E-state index is 10.7. The molecular weight excluding hydrogens is 516 g/mol. The Kier molecular flexibility index (Phi) is 18.9. The first-order valence-corrected chi connectivity index (χ1v) is 12.7. The highest BCUT2D eigenvalue weighted by molar-refractivity contribution is 7.86. The Hall–Kier alpha value is -2.22. The standard InChI is InChI=1S/C11H18N.C10H16N.CHF3O3S.BF4/c1-2-3-4-6-9-12-10-7-5-8-11-12;1-3-4-7-11-8-5-6-10(2)9-11;2-1(3,4)8(5,6)7;2-1(3,4)5/h5,7-8,10-11H,2-4,6,9H2,1H3;5-6,8-9H,3-4,7H2,1-2H3;(H,5,6,7);/q2*+1;;-1/p-1. The van der Waals surface area contributed by atoms with Crippen LogP contribution in [-0.2, 0) is 23.2 Å². The first kappa shape index (κ1) is 35.9. The number of rotatable bonds is 8. The quantitative estimate of drug-likeness (QED) is 0.101. The number of unbranched alkanes of at least 4 members (excludes halogenated alkanes) is 4. The lowest BCUT2D eigenvalue weighted by molar-refractivity contribution is -0.697. The van der Waals surface area contributed by atoms with Crippen molar-refractivity contribution in [3.05, 3.63) is 60.7 Å². The SMILES string of the molecule is CCCCCC[n+]1ccccc1.CCCC[n+]1cccc(C)c1.F[B-](F)(F)F.O=S(=O)([O-])C(F)(F)F. The minimum absolute atomic E-state index is 1.15. The van der Waals surface area contributed by atoms with Crippen LogP contribution in [0.2, 0.25) is 0 Å². The first-order chi connectivity index (χ1) is 16.5. The van der Waals surface area contributed by atoms with Gasteiger partial charge < -0.3 is 21.8 Å². The second kappa shape index (κ2) is 19.0. The van der Waals surface area contributed by atoms with E-state index in [1.54, 1.807) is 0 Å². The summed E-state index contributed by atoms with van der Waals surface area (Å²) in [7, 11) is -12.1. The van der Waals surface area contributed by atoms with Gasteiger partial charge in [-0.3, -0.25) is 0 Å². The van der Waals surface area contributed by atoms with Crippen LogP contribution < -0.4 is 9.13 Å². The van der Waals surface area contributed by atoms with Crippen molar-refractivity contribution < 1.29 is 52.5 Å². The molecule has 2 aromatic heterocycles. The molecule has 36 heavy (non-hydrogen) atoms. The molecule has 0 N–H and O–H groups in total. The maximum absolute atomic E-state index is 10.7. The van der Waals surface area contributed by atoms with Crippen LogP contribution in [0.4, 0.5) is 30.4 Å². The Balaban J connectivity index is 0. The monoisotopic (exact) mass is 550 g/mol.